The van der Waals surface area contributed by atoms with Gasteiger partial charge in [0.1, 0.15) is 17.2 Å². The smallest absolute Gasteiger partial charge is 0.189 e. The summed E-state index contributed by atoms with van der Waals surface area (Å²) in [5.74, 6) is -0.588. The van der Waals surface area contributed by atoms with E-state index in [0.717, 1.165) is 6.07 Å². The van der Waals surface area contributed by atoms with Crippen LogP contribution in [-0.2, 0) is 25.4 Å². The maximum atomic E-state index is 14.4. The Labute approximate surface area is 151 Å². The van der Waals surface area contributed by atoms with Crippen LogP contribution in [0.15, 0.2) is 24.0 Å². The summed E-state index contributed by atoms with van der Waals surface area (Å²) in [6.45, 7) is 2.26. The molecule has 1 aliphatic carbocycles. The number of halogens is 1. The number of methoxy groups -OCH3 is 2. The van der Waals surface area contributed by atoms with Crippen LogP contribution < -0.4 is 4.74 Å². The first-order chi connectivity index (χ1) is 12.4. The number of carbonyl (C=O) groups is 1. The van der Waals surface area contributed by atoms with Crippen LogP contribution in [0.4, 0.5) is 4.39 Å². The minimum Gasteiger partial charge on any atom is -0.504 e. The van der Waals surface area contributed by atoms with Gasteiger partial charge in [0.2, 0.25) is 0 Å². The quantitative estimate of drug-likeness (QED) is 0.834. The molecule has 142 valence electrons. The summed E-state index contributed by atoms with van der Waals surface area (Å²) < 4.78 is 35.9. The van der Waals surface area contributed by atoms with E-state index in [2.05, 4.69) is 0 Å². The minimum atomic E-state index is -0.806. The molecule has 0 saturated carbocycles. The Bertz CT molecular complexity index is 731. The van der Waals surface area contributed by atoms with E-state index in [1.54, 1.807) is 7.11 Å². The number of hydrogen-bond donors (Lipinski definition) is 1. The Morgan fingerprint density at radius 1 is 1.42 bits per heavy atom. The number of benzene rings is 1. The normalized spacial score (nSPS) is 26.1. The monoisotopic (exact) mass is 366 g/mol. The number of hydrogen-bond acceptors (Lipinski definition) is 6. The number of phenols is 1. The molecule has 1 saturated heterocycles. The van der Waals surface area contributed by atoms with Crippen molar-refractivity contribution in [2.45, 2.75) is 25.4 Å². The molecule has 0 unspecified atom stereocenters. The van der Waals surface area contributed by atoms with Crippen LogP contribution in [0, 0.1) is 17.7 Å². The van der Waals surface area contributed by atoms with Crippen molar-refractivity contribution in [3.8, 4) is 11.5 Å². The molecule has 1 aromatic rings. The van der Waals surface area contributed by atoms with Crippen LogP contribution in [0.3, 0.4) is 0 Å². The van der Waals surface area contributed by atoms with Gasteiger partial charge in [-0.05, 0) is 30.4 Å². The highest BCUT2D eigenvalue weighted by Gasteiger charge is 2.52. The fourth-order valence-corrected chi connectivity index (χ4v) is 3.76. The van der Waals surface area contributed by atoms with Crippen LogP contribution in [0.1, 0.15) is 18.9 Å². The van der Waals surface area contributed by atoms with E-state index in [1.807, 2.05) is 6.92 Å². The predicted octanol–water partition coefficient (Wildman–Crippen LogP) is 2.58. The number of ether oxygens (including phenoxy) is 4. The second kappa shape index (κ2) is 7.25. The molecule has 7 heteroatoms. The minimum absolute atomic E-state index is 0.0524. The summed E-state index contributed by atoms with van der Waals surface area (Å²) in [6.07, 6.45) is 2.19. The Hall–Kier alpha value is -2.12. The number of allylic oxidation sites excluding steroid dienone is 1. The van der Waals surface area contributed by atoms with Gasteiger partial charge in [-0.1, -0.05) is 6.92 Å². The van der Waals surface area contributed by atoms with Gasteiger partial charge in [-0.25, -0.2) is 4.39 Å². The van der Waals surface area contributed by atoms with Gasteiger partial charge in [0.25, 0.3) is 0 Å². The third-order valence-corrected chi connectivity index (χ3v) is 5.21. The second-order valence-electron chi connectivity index (χ2n) is 6.78. The van der Waals surface area contributed by atoms with Crippen molar-refractivity contribution in [3.63, 3.8) is 0 Å². The first-order valence-electron chi connectivity index (χ1n) is 8.48. The largest absolute Gasteiger partial charge is 0.504 e. The average Bonchev–Trinajstić information content (AvgIpc) is 3.02. The highest BCUT2D eigenvalue weighted by Crippen LogP contribution is 2.46. The molecule has 1 fully saturated rings. The SMILES string of the molecule is COC[C@H]1C[C@]2([C@@H](C)Cc3cc(O)c(OC)cc3F)OCOC2=CC1=O. The lowest BCUT2D eigenvalue weighted by Crippen LogP contribution is -2.46. The average molecular weight is 366 g/mol. The first kappa shape index (κ1) is 18.7. The summed E-state index contributed by atoms with van der Waals surface area (Å²) in [6, 6.07) is 2.52. The standard InChI is InChI=1S/C19H23FO6/c1-11(4-12-5-16(22)17(24-3)6-14(12)20)19-8-13(9-23-2)15(21)7-18(19)25-10-26-19/h5-7,11,13,22H,4,8-10H2,1-3H3/t11-,13+,19+/m0/s1. The maximum absolute atomic E-state index is 14.4. The van der Waals surface area contributed by atoms with Gasteiger partial charge >= 0.3 is 0 Å². The Morgan fingerprint density at radius 3 is 2.88 bits per heavy atom. The molecule has 6 nitrogen and oxygen atoms in total. The molecule has 0 amide bonds. The van der Waals surface area contributed by atoms with Crippen molar-refractivity contribution in [2.24, 2.45) is 11.8 Å². The molecule has 0 radical (unpaired) electrons. The molecule has 1 aromatic carbocycles. The lowest BCUT2D eigenvalue weighted by atomic mass is 9.72. The van der Waals surface area contributed by atoms with Crippen molar-refractivity contribution in [2.75, 3.05) is 27.6 Å². The molecular formula is C19H23FO6. The molecular weight excluding hydrogens is 343 g/mol. The Balaban J connectivity index is 1.88. The van der Waals surface area contributed by atoms with Crippen LogP contribution >= 0.6 is 0 Å². The molecule has 3 rings (SSSR count). The van der Waals surface area contributed by atoms with Crippen LogP contribution in [0.5, 0.6) is 11.5 Å². The fourth-order valence-electron chi connectivity index (χ4n) is 3.76. The molecule has 1 N–H and O–H groups in total. The summed E-state index contributed by atoms with van der Waals surface area (Å²) >= 11 is 0. The third kappa shape index (κ3) is 3.17. The molecule has 1 heterocycles. The summed E-state index contributed by atoms with van der Waals surface area (Å²) in [4.78, 5) is 12.2. The summed E-state index contributed by atoms with van der Waals surface area (Å²) in [7, 11) is 2.91. The second-order valence-corrected chi connectivity index (χ2v) is 6.78. The highest BCUT2D eigenvalue weighted by atomic mass is 19.1. The molecule has 0 bridgehead atoms. The number of rotatable bonds is 6. The van der Waals surface area contributed by atoms with Gasteiger partial charge < -0.3 is 24.1 Å². The van der Waals surface area contributed by atoms with Crippen molar-refractivity contribution in [3.05, 3.63) is 35.3 Å². The predicted molar refractivity (Wildman–Crippen MR) is 90.3 cm³/mol. The molecule has 2 aliphatic rings. The highest BCUT2D eigenvalue weighted by molar-refractivity contribution is 5.93. The van der Waals surface area contributed by atoms with Crippen LogP contribution in [0.2, 0.25) is 0 Å². The van der Waals surface area contributed by atoms with Crippen molar-refractivity contribution in [1.29, 1.82) is 0 Å². The zero-order chi connectivity index (χ0) is 18.9. The van der Waals surface area contributed by atoms with Gasteiger partial charge in [-0.2, -0.15) is 0 Å². The van der Waals surface area contributed by atoms with E-state index in [1.165, 1.54) is 19.3 Å². The van der Waals surface area contributed by atoms with Gasteiger partial charge in [0.05, 0.1) is 13.7 Å². The van der Waals surface area contributed by atoms with Crippen molar-refractivity contribution < 1.29 is 33.2 Å². The number of phenolic OH excluding ortho intramolecular Hbond substituents is 1. The fraction of sp³-hybridized carbons (Fsp3) is 0.526. The van der Waals surface area contributed by atoms with E-state index in [4.69, 9.17) is 18.9 Å². The zero-order valence-corrected chi connectivity index (χ0v) is 15.1. The first-order valence-corrected chi connectivity index (χ1v) is 8.48. The maximum Gasteiger partial charge on any atom is 0.189 e. The molecule has 1 aliphatic heterocycles. The lowest BCUT2D eigenvalue weighted by Gasteiger charge is -2.38. The van der Waals surface area contributed by atoms with E-state index in [9.17, 15) is 14.3 Å². The topological polar surface area (TPSA) is 74.2 Å². The summed E-state index contributed by atoms with van der Waals surface area (Å²) in [5.41, 5.74) is -0.459. The molecule has 0 spiro atoms. The number of fused-ring (bicyclic) bond motifs is 1. The molecule has 0 aromatic heterocycles. The van der Waals surface area contributed by atoms with Crippen molar-refractivity contribution in [1.82, 2.24) is 0 Å². The third-order valence-electron chi connectivity index (χ3n) is 5.21. The Morgan fingerprint density at radius 2 is 2.19 bits per heavy atom. The molecule has 3 atom stereocenters. The van der Waals surface area contributed by atoms with E-state index < -0.39 is 11.4 Å². The van der Waals surface area contributed by atoms with Gasteiger partial charge in [0, 0.05) is 25.2 Å². The summed E-state index contributed by atoms with van der Waals surface area (Å²) in [5, 5.41) is 9.95. The van der Waals surface area contributed by atoms with E-state index in [-0.39, 0.29) is 42.5 Å². The lowest BCUT2D eigenvalue weighted by molar-refractivity contribution is -0.125. The van der Waals surface area contributed by atoms with Gasteiger partial charge in [0.15, 0.2) is 24.1 Å². The number of carbonyl (C=O) groups excluding carboxylic acids is 1. The number of ketones is 1. The van der Waals surface area contributed by atoms with E-state index >= 15 is 0 Å². The Kier molecular flexibility index (Phi) is 5.20. The number of aromatic hydroxyl groups is 1. The molecule has 26 heavy (non-hydrogen) atoms. The van der Waals surface area contributed by atoms with Crippen LogP contribution in [0.25, 0.3) is 0 Å². The van der Waals surface area contributed by atoms with Gasteiger partial charge in [-0.3, -0.25) is 4.79 Å². The van der Waals surface area contributed by atoms with E-state index in [0.29, 0.717) is 24.2 Å². The van der Waals surface area contributed by atoms with Gasteiger partial charge in [-0.15, -0.1) is 0 Å². The van der Waals surface area contributed by atoms with Crippen LogP contribution in [-0.4, -0.2) is 44.1 Å². The van der Waals surface area contributed by atoms with Crippen molar-refractivity contribution >= 4 is 5.78 Å². The zero-order valence-electron chi connectivity index (χ0n) is 15.1.